The lowest BCUT2D eigenvalue weighted by atomic mass is 9.97. The van der Waals surface area contributed by atoms with Gasteiger partial charge in [-0.15, -0.1) is 0 Å². The zero-order valence-electron chi connectivity index (χ0n) is 9.50. The Hall–Kier alpha value is -1.16. The molecular formula is C12H17F2NO. The fourth-order valence-electron chi connectivity index (χ4n) is 1.38. The van der Waals surface area contributed by atoms with Gasteiger partial charge in [-0.3, -0.25) is 0 Å². The van der Waals surface area contributed by atoms with E-state index in [9.17, 15) is 8.78 Å². The molecule has 0 bridgehead atoms. The van der Waals surface area contributed by atoms with Crippen LogP contribution in [0, 0.1) is 23.5 Å². The standard InChI is InChI=1S/C12H17F2NO/c1-8(2)9(7-16)6-15-12-4-3-10(13)5-11(12)14/h3-5,8-9,15-16H,6-7H2,1-2H3. The molecule has 0 saturated heterocycles. The third kappa shape index (κ3) is 3.45. The van der Waals surface area contributed by atoms with Gasteiger partial charge in [-0.05, 0) is 18.1 Å². The van der Waals surface area contributed by atoms with Gasteiger partial charge in [0.25, 0.3) is 0 Å². The molecule has 1 unspecified atom stereocenters. The summed E-state index contributed by atoms with van der Waals surface area (Å²) in [4.78, 5) is 0. The summed E-state index contributed by atoms with van der Waals surface area (Å²) in [5.41, 5.74) is 0.264. The van der Waals surface area contributed by atoms with E-state index in [-0.39, 0.29) is 18.2 Å². The van der Waals surface area contributed by atoms with Crippen LogP contribution in [0.4, 0.5) is 14.5 Å². The number of hydrogen-bond acceptors (Lipinski definition) is 2. The number of anilines is 1. The van der Waals surface area contributed by atoms with E-state index in [1.807, 2.05) is 13.8 Å². The SMILES string of the molecule is CC(C)C(CO)CNc1ccc(F)cc1F. The molecule has 0 aliphatic carbocycles. The predicted molar refractivity (Wildman–Crippen MR) is 60.3 cm³/mol. The van der Waals surface area contributed by atoms with Gasteiger partial charge < -0.3 is 10.4 Å². The molecule has 1 aromatic rings. The van der Waals surface area contributed by atoms with Gasteiger partial charge in [-0.2, -0.15) is 0 Å². The molecule has 0 spiro atoms. The number of aliphatic hydroxyl groups excluding tert-OH is 1. The minimum Gasteiger partial charge on any atom is -0.396 e. The fraction of sp³-hybridized carbons (Fsp3) is 0.500. The minimum absolute atomic E-state index is 0.0491. The Kier molecular flexibility index (Phi) is 4.68. The third-order valence-corrected chi connectivity index (χ3v) is 2.66. The molecule has 0 fully saturated rings. The van der Waals surface area contributed by atoms with Crippen LogP contribution in [-0.2, 0) is 0 Å². The van der Waals surface area contributed by atoms with Crippen molar-refractivity contribution in [3.63, 3.8) is 0 Å². The van der Waals surface area contributed by atoms with E-state index in [2.05, 4.69) is 5.32 Å². The molecule has 0 amide bonds. The van der Waals surface area contributed by atoms with Crippen LogP contribution < -0.4 is 5.32 Å². The van der Waals surface area contributed by atoms with Crippen LogP contribution in [0.5, 0.6) is 0 Å². The number of aliphatic hydroxyl groups is 1. The molecular weight excluding hydrogens is 212 g/mol. The topological polar surface area (TPSA) is 32.3 Å². The summed E-state index contributed by atoms with van der Waals surface area (Å²) in [5.74, 6) is -0.837. The van der Waals surface area contributed by atoms with Crippen LogP contribution in [0.25, 0.3) is 0 Å². The Morgan fingerprint density at radius 1 is 1.31 bits per heavy atom. The van der Waals surface area contributed by atoms with Crippen LogP contribution in [0.2, 0.25) is 0 Å². The van der Waals surface area contributed by atoms with Crippen LogP contribution in [0.15, 0.2) is 18.2 Å². The van der Waals surface area contributed by atoms with Gasteiger partial charge in [0.15, 0.2) is 0 Å². The van der Waals surface area contributed by atoms with Gasteiger partial charge in [-0.25, -0.2) is 8.78 Å². The molecule has 0 radical (unpaired) electrons. The molecule has 1 aromatic carbocycles. The molecule has 90 valence electrons. The first-order valence-electron chi connectivity index (χ1n) is 5.34. The van der Waals surface area contributed by atoms with Gasteiger partial charge >= 0.3 is 0 Å². The van der Waals surface area contributed by atoms with Crippen molar-refractivity contribution in [2.24, 2.45) is 11.8 Å². The summed E-state index contributed by atoms with van der Waals surface area (Å²) in [6, 6.07) is 3.40. The predicted octanol–water partition coefficient (Wildman–Crippen LogP) is 2.64. The van der Waals surface area contributed by atoms with Gasteiger partial charge in [0.2, 0.25) is 0 Å². The average Bonchev–Trinajstić information content (AvgIpc) is 2.21. The number of nitrogens with one attached hydrogen (secondary N) is 1. The summed E-state index contributed by atoms with van der Waals surface area (Å²) in [5, 5.41) is 12.0. The molecule has 4 heteroatoms. The van der Waals surface area contributed by atoms with Gasteiger partial charge in [0.05, 0.1) is 5.69 Å². The zero-order valence-corrected chi connectivity index (χ0v) is 9.50. The first-order valence-corrected chi connectivity index (χ1v) is 5.34. The number of hydrogen-bond donors (Lipinski definition) is 2. The van der Waals surface area contributed by atoms with E-state index in [0.29, 0.717) is 12.5 Å². The highest BCUT2D eigenvalue weighted by atomic mass is 19.1. The maximum absolute atomic E-state index is 13.2. The van der Waals surface area contributed by atoms with Crippen LogP contribution in [0.1, 0.15) is 13.8 Å². The molecule has 0 aromatic heterocycles. The van der Waals surface area contributed by atoms with Crippen molar-refractivity contribution in [1.82, 2.24) is 0 Å². The van der Waals surface area contributed by atoms with Crippen molar-refractivity contribution in [1.29, 1.82) is 0 Å². The highest BCUT2D eigenvalue weighted by molar-refractivity contribution is 5.44. The first-order chi connectivity index (χ1) is 7.54. The van der Waals surface area contributed by atoms with Crippen LogP contribution in [-0.4, -0.2) is 18.3 Å². The maximum atomic E-state index is 13.2. The smallest absolute Gasteiger partial charge is 0.149 e. The van der Waals surface area contributed by atoms with Crippen molar-refractivity contribution in [2.45, 2.75) is 13.8 Å². The van der Waals surface area contributed by atoms with Gasteiger partial charge in [0, 0.05) is 25.1 Å². The van der Waals surface area contributed by atoms with Gasteiger partial charge in [0.1, 0.15) is 11.6 Å². The lowest BCUT2D eigenvalue weighted by Gasteiger charge is -2.19. The second kappa shape index (κ2) is 5.80. The number of benzene rings is 1. The molecule has 0 heterocycles. The average molecular weight is 229 g/mol. The lowest BCUT2D eigenvalue weighted by Crippen LogP contribution is -2.23. The monoisotopic (exact) mass is 229 g/mol. The normalized spacial score (nSPS) is 12.9. The van der Waals surface area contributed by atoms with Crippen molar-refractivity contribution < 1.29 is 13.9 Å². The highest BCUT2D eigenvalue weighted by Crippen LogP contribution is 2.17. The summed E-state index contributed by atoms with van der Waals surface area (Å²) in [6.07, 6.45) is 0. The number of rotatable bonds is 5. The summed E-state index contributed by atoms with van der Waals surface area (Å²) in [6.45, 7) is 4.50. The van der Waals surface area contributed by atoms with Crippen molar-refractivity contribution >= 4 is 5.69 Å². The second-order valence-electron chi connectivity index (χ2n) is 4.19. The largest absolute Gasteiger partial charge is 0.396 e. The molecule has 16 heavy (non-hydrogen) atoms. The molecule has 0 saturated carbocycles. The van der Waals surface area contributed by atoms with E-state index in [1.165, 1.54) is 12.1 Å². The quantitative estimate of drug-likeness (QED) is 0.813. The van der Waals surface area contributed by atoms with Crippen LogP contribution >= 0.6 is 0 Å². The van der Waals surface area contributed by atoms with Crippen LogP contribution in [0.3, 0.4) is 0 Å². The molecule has 0 aliphatic rings. The molecule has 1 rings (SSSR count). The Morgan fingerprint density at radius 2 is 2.00 bits per heavy atom. The van der Waals surface area contributed by atoms with E-state index >= 15 is 0 Å². The van der Waals surface area contributed by atoms with E-state index < -0.39 is 11.6 Å². The third-order valence-electron chi connectivity index (χ3n) is 2.66. The van der Waals surface area contributed by atoms with Crippen molar-refractivity contribution in [3.8, 4) is 0 Å². The Morgan fingerprint density at radius 3 is 2.50 bits per heavy atom. The Bertz CT molecular complexity index is 342. The van der Waals surface area contributed by atoms with E-state index in [4.69, 9.17) is 5.11 Å². The number of halogens is 2. The summed E-state index contributed by atoms with van der Waals surface area (Å²) in [7, 11) is 0. The zero-order chi connectivity index (χ0) is 12.1. The van der Waals surface area contributed by atoms with E-state index in [1.54, 1.807) is 0 Å². The minimum atomic E-state index is -0.611. The van der Waals surface area contributed by atoms with Crippen molar-refractivity contribution in [2.75, 3.05) is 18.5 Å². The summed E-state index contributed by atoms with van der Waals surface area (Å²) >= 11 is 0. The second-order valence-corrected chi connectivity index (χ2v) is 4.19. The lowest BCUT2D eigenvalue weighted by molar-refractivity contribution is 0.198. The Labute approximate surface area is 94.3 Å². The fourth-order valence-corrected chi connectivity index (χ4v) is 1.38. The van der Waals surface area contributed by atoms with Crippen molar-refractivity contribution in [3.05, 3.63) is 29.8 Å². The summed E-state index contributed by atoms with van der Waals surface area (Å²) < 4.78 is 25.9. The Balaban J connectivity index is 2.60. The van der Waals surface area contributed by atoms with Gasteiger partial charge in [-0.1, -0.05) is 13.8 Å². The molecule has 2 nitrogen and oxygen atoms in total. The molecule has 1 atom stereocenters. The highest BCUT2D eigenvalue weighted by Gasteiger charge is 2.12. The maximum Gasteiger partial charge on any atom is 0.149 e. The molecule has 2 N–H and O–H groups in total. The molecule has 0 aliphatic heterocycles. The first kappa shape index (κ1) is 12.9. The van der Waals surface area contributed by atoms with E-state index in [0.717, 1.165) is 6.07 Å².